The lowest BCUT2D eigenvalue weighted by Gasteiger charge is -2.41. The number of halogens is 1. The molecule has 0 radical (unpaired) electrons. The molecule has 1 fully saturated rings. The Kier molecular flexibility index (Phi) is 6.05. The molecule has 1 unspecified atom stereocenters. The van der Waals surface area contributed by atoms with Crippen LogP contribution in [0.3, 0.4) is 0 Å². The minimum atomic E-state index is -0.435. The molecule has 0 saturated carbocycles. The van der Waals surface area contributed by atoms with Crippen molar-refractivity contribution in [2.24, 2.45) is 16.6 Å². The van der Waals surface area contributed by atoms with Crippen LogP contribution in [0.25, 0.3) is 11.1 Å². The van der Waals surface area contributed by atoms with Crippen molar-refractivity contribution in [1.82, 2.24) is 9.80 Å². The summed E-state index contributed by atoms with van der Waals surface area (Å²) in [6.45, 7) is 2.16. The predicted molar refractivity (Wildman–Crippen MR) is 138 cm³/mol. The highest BCUT2D eigenvalue weighted by Crippen LogP contribution is 2.44. The van der Waals surface area contributed by atoms with Gasteiger partial charge in [-0.25, -0.2) is 4.99 Å². The Morgan fingerprint density at radius 1 is 0.971 bits per heavy atom. The van der Waals surface area contributed by atoms with Gasteiger partial charge in [0.05, 0.1) is 6.54 Å². The van der Waals surface area contributed by atoms with Crippen molar-refractivity contribution in [2.45, 2.75) is 18.4 Å². The molecule has 0 aromatic heterocycles. The number of likely N-dealkylation sites (tertiary alicyclic amines) is 1. The molecule has 1 atom stereocenters. The SMILES string of the molecule is CN1CC(c2cccc(-c3cccc(Cl)c3)c2)(C2CCN(C(=O)c3ccccc3)CC2)N=C1N. The van der Waals surface area contributed by atoms with Gasteiger partial charge in [-0.2, -0.15) is 0 Å². The number of hydrogen-bond acceptors (Lipinski definition) is 4. The number of guanidine groups is 1. The van der Waals surface area contributed by atoms with E-state index in [1.807, 2.05) is 65.4 Å². The summed E-state index contributed by atoms with van der Waals surface area (Å²) in [5.41, 5.74) is 9.97. The van der Waals surface area contributed by atoms with E-state index >= 15 is 0 Å². The third kappa shape index (κ3) is 4.16. The van der Waals surface area contributed by atoms with Crippen LogP contribution in [0.2, 0.25) is 5.02 Å². The van der Waals surface area contributed by atoms with Gasteiger partial charge in [0.1, 0.15) is 5.54 Å². The number of aliphatic imine (C=N–C) groups is 1. The van der Waals surface area contributed by atoms with Crippen LogP contribution in [-0.2, 0) is 5.54 Å². The summed E-state index contributed by atoms with van der Waals surface area (Å²) in [5.74, 6) is 0.948. The molecule has 0 spiro atoms. The van der Waals surface area contributed by atoms with E-state index < -0.39 is 5.54 Å². The van der Waals surface area contributed by atoms with Gasteiger partial charge in [-0.05, 0) is 65.8 Å². The summed E-state index contributed by atoms with van der Waals surface area (Å²) in [7, 11) is 2.00. The molecule has 0 aliphatic carbocycles. The summed E-state index contributed by atoms with van der Waals surface area (Å²) in [5, 5.41) is 0.718. The predicted octanol–water partition coefficient (Wildman–Crippen LogP) is 5.01. The topological polar surface area (TPSA) is 61.9 Å². The molecule has 174 valence electrons. The average Bonchev–Trinajstić information content (AvgIpc) is 3.19. The highest BCUT2D eigenvalue weighted by molar-refractivity contribution is 6.30. The Balaban J connectivity index is 1.43. The van der Waals surface area contributed by atoms with Crippen LogP contribution in [-0.4, -0.2) is 48.3 Å². The van der Waals surface area contributed by atoms with Gasteiger partial charge in [0.25, 0.3) is 5.91 Å². The van der Waals surface area contributed by atoms with Crippen LogP contribution < -0.4 is 5.73 Å². The number of carbonyl (C=O) groups excluding carboxylic acids is 1. The highest BCUT2D eigenvalue weighted by Gasteiger charge is 2.47. The second kappa shape index (κ2) is 9.15. The van der Waals surface area contributed by atoms with Crippen LogP contribution in [0.15, 0.2) is 83.9 Å². The molecule has 2 N–H and O–H groups in total. The molecule has 34 heavy (non-hydrogen) atoms. The number of nitrogens with two attached hydrogens (primary N) is 1. The van der Waals surface area contributed by atoms with E-state index in [1.54, 1.807) is 0 Å². The minimum absolute atomic E-state index is 0.0996. The summed E-state index contributed by atoms with van der Waals surface area (Å²) >= 11 is 6.26. The molecule has 2 aliphatic heterocycles. The Labute approximate surface area is 205 Å². The van der Waals surface area contributed by atoms with Crippen LogP contribution in [0.4, 0.5) is 0 Å². The van der Waals surface area contributed by atoms with Crippen molar-refractivity contribution in [3.63, 3.8) is 0 Å². The normalized spacial score (nSPS) is 20.9. The van der Waals surface area contributed by atoms with Crippen LogP contribution >= 0.6 is 11.6 Å². The smallest absolute Gasteiger partial charge is 0.253 e. The maximum Gasteiger partial charge on any atom is 0.253 e. The van der Waals surface area contributed by atoms with Gasteiger partial charge in [0.2, 0.25) is 0 Å². The van der Waals surface area contributed by atoms with E-state index in [4.69, 9.17) is 22.3 Å². The van der Waals surface area contributed by atoms with Gasteiger partial charge in [0.15, 0.2) is 5.96 Å². The summed E-state index contributed by atoms with van der Waals surface area (Å²) in [4.78, 5) is 22.0. The van der Waals surface area contributed by atoms with E-state index in [0.29, 0.717) is 19.0 Å². The Morgan fingerprint density at radius 3 is 2.29 bits per heavy atom. The van der Waals surface area contributed by atoms with E-state index in [1.165, 1.54) is 0 Å². The van der Waals surface area contributed by atoms with Crippen LogP contribution in [0.5, 0.6) is 0 Å². The van der Waals surface area contributed by atoms with Gasteiger partial charge < -0.3 is 15.5 Å². The second-order valence-corrected chi connectivity index (χ2v) is 9.71. The lowest BCUT2D eigenvalue weighted by Crippen LogP contribution is -2.46. The maximum absolute atomic E-state index is 13.0. The number of piperidine rings is 1. The highest BCUT2D eigenvalue weighted by atomic mass is 35.5. The molecular weight excluding hydrogens is 444 g/mol. The third-order valence-electron chi connectivity index (χ3n) is 7.18. The summed E-state index contributed by atoms with van der Waals surface area (Å²) in [6.07, 6.45) is 1.76. The number of benzene rings is 3. The zero-order valence-electron chi connectivity index (χ0n) is 19.3. The van der Waals surface area contributed by atoms with E-state index in [9.17, 15) is 4.79 Å². The Bertz CT molecular complexity index is 1220. The van der Waals surface area contributed by atoms with Crippen molar-refractivity contribution in [2.75, 3.05) is 26.7 Å². The first kappa shape index (κ1) is 22.5. The lowest BCUT2D eigenvalue weighted by molar-refractivity contribution is 0.0634. The quantitative estimate of drug-likeness (QED) is 0.580. The number of amides is 1. The molecule has 2 aliphatic rings. The Morgan fingerprint density at radius 2 is 1.65 bits per heavy atom. The fraction of sp³-hybridized carbons (Fsp3) is 0.286. The number of hydrogen-bond donors (Lipinski definition) is 1. The van der Waals surface area contributed by atoms with Gasteiger partial charge in [0, 0.05) is 30.7 Å². The minimum Gasteiger partial charge on any atom is -0.370 e. The molecule has 0 bridgehead atoms. The number of rotatable bonds is 4. The fourth-order valence-electron chi connectivity index (χ4n) is 5.34. The zero-order valence-corrected chi connectivity index (χ0v) is 20.1. The zero-order chi connectivity index (χ0) is 23.7. The molecule has 3 aromatic carbocycles. The Hall–Kier alpha value is -3.31. The first-order valence-corrected chi connectivity index (χ1v) is 12.1. The van der Waals surface area contributed by atoms with Crippen LogP contribution in [0.1, 0.15) is 28.8 Å². The maximum atomic E-state index is 13.0. The molecule has 5 nitrogen and oxygen atoms in total. The standard InChI is InChI=1S/C28H29ClN4O/c1-32-19-28(31-27(32)30,24-11-5-9-21(17-24)22-10-6-12-25(29)18-22)23-13-15-33(16-14-23)26(34)20-7-3-2-4-8-20/h2-12,17-18,23H,13-16,19H2,1H3,(H2,30,31). The lowest BCUT2D eigenvalue weighted by atomic mass is 9.73. The van der Waals surface area contributed by atoms with Gasteiger partial charge in [-0.15, -0.1) is 0 Å². The molecule has 1 amide bonds. The molecule has 6 heteroatoms. The summed E-state index contributed by atoms with van der Waals surface area (Å²) in [6, 6.07) is 26.0. The van der Waals surface area contributed by atoms with Crippen molar-refractivity contribution >= 4 is 23.5 Å². The monoisotopic (exact) mass is 472 g/mol. The molecular formula is C28H29ClN4O. The van der Waals surface area contributed by atoms with E-state index in [0.717, 1.165) is 46.7 Å². The molecule has 2 heterocycles. The van der Waals surface area contributed by atoms with Gasteiger partial charge in [-0.3, -0.25) is 4.79 Å². The largest absolute Gasteiger partial charge is 0.370 e. The summed E-state index contributed by atoms with van der Waals surface area (Å²) < 4.78 is 0. The van der Waals surface area contributed by atoms with Crippen LogP contribution in [0, 0.1) is 5.92 Å². The van der Waals surface area contributed by atoms with Crippen molar-refractivity contribution in [1.29, 1.82) is 0 Å². The van der Waals surface area contributed by atoms with E-state index in [-0.39, 0.29) is 11.8 Å². The number of carbonyl (C=O) groups is 1. The molecule has 3 aromatic rings. The average molecular weight is 473 g/mol. The van der Waals surface area contributed by atoms with Gasteiger partial charge >= 0.3 is 0 Å². The molecule has 1 saturated heterocycles. The van der Waals surface area contributed by atoms with Crippen molar-refractivity contribution < 1.29 is 4.79 Å². The number of likely N-dealkylation sites (N-methyl/N-ethyl adjacent to an activating group) is 1. The third-order valence-corrected chi connectivity index (χ3v) is 7.42. The second-order valence-electron chi connectivity index (χ2n) is 9.27. The first-order chi connectivity index (χ1) is 16.5. The molecule has 5 rings (SSSR count). The van der Waals surface area contributed by atoms with E-state index in [2.05, 4.69) is 30.3 Å². The van der Waals surface area contributed by atoms with Gasteiger partial charge in [-0.1, -0.05) is 60.1 Å². The fourth-order valence-corrected chi connectivity index (χ4v) is 5.53. The van der Waals surface area contributed by atoms with Crippen molar-refractivity contribution in [3.05, 3.63) is 95.0 Å². The van der Waals surface area contributed by atoms with Crippen molar-refractivity contribution in [3.8, 4) is 11.1 Å². The first-order valence-electron chi connectivity index (χ1n) is 11.7. The number of nitrogens with zero attached hydrogens (tertiary/aromatic N) is 3.